The third-order valence-electron chi connectivity index (χ3n) is 2.64. The number of nitrogens with one attached hydrogen (secondary N) is 1. The Kier molecular flexibility index (Phi) is 3.66. The summed E-state index contributed by atoms with van der Waals surface area (Å²) in [6.07, 6.45) is 4.53. The first-order valence-electron chi connectivity index (χ1n) is 5.68. The van der Waals surface area contributed by atoms with E-state index in [2.05, 4.69) is 10.4 Å². The zero-order valence-electron chi connectivity index (χ0n) is 10.4. The van der Waals surface area contributed by atoms with E-state index >= 15 is 0 Å². The molecule has 18 heavy (non-hydrogen) atoms. The van der Waals surface area contributed by atoms with E-state index in [9.17, 15) is 4.79 Å². The number of thiophene rings is 1. The van der Waals surface area contributed by atoms with Gasteiger partial charge in [0.1, 0.15) is 0 Å². The lowest BCUT2D eigenvalue weighted by Gasteiger charge is -2.01. The number of aromatic nitrogens is 2. The number of carbonyl (C=O) groups is 1. The van der Waals surface area contributed by atoms with Gasteiger partial charge < -0.3 is 11.1 Å². The molecule has 1 amide bonds. The first-order chi connectivity index (χ1) is 8.56. The molecule has 0 aliphatic rings. The molecule has 96 valence electrons. The molecule has 0 unspecified atom stereocenters. The summed E-state index contributed by atoms with van der Waals surface area (Å²) in [7, 11) is 1.87. The van der Waals surface area contributed by atoms with Gasteiger partial charge in [-0.25, -0.2) is 0 Å². The minimum absolute atomic E-state index is 0.0660. The maximum absolute atomic E-state index is 11.8. The third-order valence-corrected chi connectivity index (χ3v) is 3.70. The monoisotopic (exact) mass is 264 g/mol. The molecule has 0 aliphatic heterocycles. The number of nitrogens with two attached hydrogens (primary N) is 1. The number of nitrogen functional groups attached to an aromatic ring is 1. The summed E-state index contributed by atoms with van der Waals surface area (Å²) in [6.45, 7) is 2.51. The molecule has 2 aromatic rings. The molecule has 5 nitrogen and oxygen atoms in total. The first-order valence-corrected chi connectivity index (χ1v) is 6.49. The lowest BCUT2D eigenvalue weighted by molar-refractivity contribution is 0.0958. The topological polar surface area (TPSA) is 72.9 Å². The zero-order chi connectivity index (χ0) is 13.1. The summed E-state index contributed by atoms with van der Waals surface area (Å²) >= 11 is 1.42. The number of anilines is 1. The van der Waals surface area contributed by atoms with Crippen LogP contribution >= 0.6 is 11.3 Å². The van der Waals surface area contributed by atoms with Gasteiger partial charge in [-0.1, -0.05) is 0 Å². The molecule has 0 aromatic carbocycles. The Morgan fingerprint density at radius 3 is 2.94 bits per heavy atom. The highest BCUT2D eigenvalue weighted by Crippen LogP contribution is 2.22. The van der Waals surface area contributed by atoms with Gasteiger partial charge in [-0.15, -0.1) is 11.3 Å². The number of hydrogen-bond donors (Lipinski definition) is 2. The van der Waals surface area contributed by atoms with Crippen LogP contribution < -0.4 is 11.1 Å². The number of amides is 1. The Morgan fingerprint density at radius 2 is 2.39 bits per heavy atom. The van der Waals surface area contributed by atoms with Crippen molar-refractivity contribution in [2.75, 3.05) is 12.3 Å². The van der Waals surface area contributed by atoms with E-state index in [-0.39, 0.29) is 5.91 Å². The Bertz CT molecular complexity index is 539. The number of rotatable bonds is 4. The van der Waals surface area contributed by atoms with Gasteiger partial charge in [0, 0.05) is 30.4 Å². The number of nitrogens with zero attached hydrogens (tertiary/aromatic N) is 2. The van der Waals surface area contributed by atoms with E-state index in [0.29, 0.717) is 17.1 Å². The van der Waals surface area contributed by atoms with Crippen LogP contribution in [0.2, 0.25) is 0 Å². The van der Waals surface area contributed by atoms with Crippen molar-refractivity contribution in [1.29, 1.82) is 0 Å². The average Bonchev–Trinajstić information content (AvgIpc) is 2.87. The van der Waals surface area contributed by atoms with Crippen molar-refractivity contribution in [2.24, 2.45) is 7.05 Å². The van der Waals surface area contributed by atoms with Gasteiger partial charge in [-0.3, -0.25) is 9.48 Å². The predicted octanol–water partition coefficient (Wildman–Crippen LogP) is 1.34. The molecule has 0 atom stereocenters. The summed E-state index contributed by atoms with van der Waals surface area (Å²) in [5.74, 6) is -0.0660. The molecule has 3 N–H and O–H groups in total. The number of carbonyl (C=O) groups excluding carboxylic acids is 1. The second-order valence-corrected chi connectivity index (χ2v) is 5.41. The maximum Gasteiger partial charge on any atom is 0.261 e. The van der Waals surface area contributed by atoms with Crippen LogP contribution in [0.4, 0.5) is 5.69 Å². The van der Waals surface area contributed by atoms with Gasteiger partial charge in [-0.05, 0) is 25.0 Å². The van der Waals surface area contributed by atoms with Gasteiger partial charge in [0.25, 0.3) is 5.91 Å². The quantitative estimate of drug-likeness (QED) is 0.875. The van der Waals surface area contributed by atoms with E-state index < -0.39 is 0 Å². The van der Waals surface area contributed by atoms with Crippen molar-refractivity contribution in [3.05, 3.63) is 33.8 Å². The highest BCUT2D eigenvalue weighted by atomic mass is 32.1. The van der Waals surface area contributed by atoms with E-state index in [4.69, 9.17) is 5.73 Å². The van der Waals surface area contributed by atoms with E-state index in [1.54, 1.807) is 16.9 Å². The normalized spacial score (nSPS) is 10.6. The SMILES string of the molecule is Cc1sc(C(=O)NCCc2cnn(C)c2)cc1N. The van der Waals surface area contributed by atoms with Crippen molar-refractivity contribution in [1.82, 2.24) is 15.1 Å². The fourth-order valence-corrected chi connectivity index (χ4v) is 2.47. The van der Waals surface area contributed by atoms with Crippen molar-refractivity contribution >= 4 is 22.9 Å². The highest BCUT2D eigenvalue weighted by Gasteiger charge is 2.10. The Labute approximate surface area is 110 Å². The van der Waals surface area contributed by atoms with E-state index in [1.807, 2.05) is 20.2 Å². The van der Waals surface area contributed by atoms with Crippen molar-refractivity contribution in [3.63, 3.8) is 0 Å². The van der Waals surface area contributed by atoms with E-state index in [0.717, 1.165) is 16.9 Å². The van der Waals surface area contributed by atoms with Gasteiger partial charge >= 0.3 is 0 Å². The molecular weight excluding hydrogens is 248 g/mol. The minimum Gasteiger partial charge on any atom is -0.398 e. The van der Waals surface area contributed by atoms with Crippen molar-refractivity contribution < 1.29 is 4.79 Å². The van der Waals surface area contributed by atoms with Crippen LogP contribution in [-0.2, 0) is 13.5 Å². The zero-order valence-corrected chi connectivity index (χ0v) is 11.3. The van der Waals surface area contributed by atoms with E-state index in [1.165, 1.54) is 11.3 Å². The second-order valence-electron chi connectivity index (χ2n) is 4.15. The molecule has 0 saturated carbocycles. The molecule has 0 radical (unpaired) electrons. The largest absolute Gasteiger partial charge is 0.398 e. The molecule has 0 bridgehead atoms. The fraction of sp³-hybridized carbons (Fsp3) is 0.333. The predicted molar refractivity (Wildman–Crippen MR) is 72.7 cm³/mol. The molecular formula is C12H16N4OS. The molecule has 0 spiro atoms. The second kappa shape index (κ2) is 5.22. The minimum atomic E-state index is -0.0660. The van der Waals surface area contributed by atoms with Crippen LogP contribution in [0.25, 0.3) is 0 Å². The van der Waals surface area contributed by atoms with Gasteiger partial charge in [0.05, 0.1) is 11.1 Å². The first kappa shape index (κ1) is 12.6. The van der Waals surface area contributed by atoms with Crippen LogP contribution in [-0.4, -0.2) is 22.2 Å². The summed E-state index contributed by atoms with van der Waals surface area (Å²) in [5.41, 5.74) is 7.51. The van der Waals surface area contributed by atoms with Gasteiger partial charge in [0.15, 0.2) is 0 Å². The van der Waals surface area contributed by atoms with Crippen LogP contribution in [0.5, 0.6) is 0 Å². The number of hydrogen-bond acceptors (Lipinski definition) is 4. The third kappa shape index (κ3) is 2.89. The lowest BCUT2D eigenvalue weighted by atomic mass is 10.2. The Balaban J connectivity index is 1.85. The Hall–Kier alpha value is -1.82. The smallest absolute Gasteiger partial charge is 0.261 e. The molecule has 2 rings (SSSR count). The average molecular weight is 264 g/mol. The van der Waals surface area contributed by atoms with Gasteiger partial charge in [0.2, 0.25) is 0 Å². The molecule has 2 heterocycles. The standard InChI is InChI=1S/C12H16N4OS/c1-8-10(13)5-11(18-8)12(17)14-4-3-9-6-15-16(2)7-9/h5-7H,3-4,13H2,1-2H3,(H,14,17). The fourth-order valence-electron chi connectivity index (χ4n) is 1.62. The summed E-state index contributed by atoms with van der Waals surface area (Å²) in [6, 6.07) is 1.72. The molecule has 2 aromatic heterocycles. The van der Waals surface area contributed by atoms with Crippen LogP contribution in [0.1, 0.15) is 20.1 Å². The molecule has 0 fully saturated rings. The number of aryl methyl sites for hydroxylation is 2. The molecule has 6 heteroatoms. The van der Waals surface area contributed by atoms with Crippen molar-refractivity contribution in [2.45, 2.75) is 13.3 Å². The summed E-state index contributed by atoms with van der Waals surface area (Å²) in [4.78, 5) is 13.5. The maximum atomic E-state index is 11.8. The van der Waals surface area contributed by atoms with Crippen LogP contribution in [0.3, 0.4) is 0 Å². The summed E-state index contributed by atoms with van der Waals surface area (Å²) in [5, 5.41) is 6.95. The van der Waals surface area contributed by atoms with Gasteiger partial charge in [-0.2, -0.15) is 5.10 Å². The highest BCUT2D eigenvalue weighted by molar-refractivity contribution is 7.14. The van der Waals surface area contributed by atoms with Crippen molar-refractivity contribution in [3.8, 4) is 0 Å². The molecule has 0 aliphatic carbocycles. The molecule has 0 saturated heterocycles. The Morgan fingerprint density at radius 1 is 1.61 bits per heavy atom. The lowest BCUT2D eigenvalue weighted by Crippen LogP contribution is -2.24. The summed E-state index contributed by atoms with van der Waals surface area (Å²) < 4.78 is 1.75. The van der Waals surface area contributed by atoms with Crippen LogP contribution in [0, 0.1) is 6.92 Å². The van der Waals surface area contributed by atoms with Crippen LogP contribution in [0.15, 0.2) is 18.5 Å².